The van der Waals surface area contributed by atoms with Crippen LogP contribution < -0.4 is 0 Å². The highest BCUT2D eigenvalue weighted by Crippen LogP contribution is 2.16. The van der Waals surface area contributed by atoms with Gasteiger partial charge in [-0.3, -0.25) is 0 Å². The lowest BCUT2D eigenvalue weighted by molar-refractivity contribution is 0.567. The van der Waals surface area contributed by atoms with Gasteiger partial charge in [-0.05, 0) is 86.8 Å². The van der Waals surface area contributed by atoms with Gasteiger partial charge in [0, 0.05) is 0 Å². The third kappa shape index (κ3) is 7.36. The Balaban J connectivity index is 1.45. The predicted octanol–water partition coefficient (Wildman–Crippen LogP) is 7.83. The van der Waals surface area contributed by atoms with Crippen LogP contribution in [0.3, 0.4) is 0 Å². The molecule has 0 saturated heterocycles. The first-order chi connectivity index (χ1) is 12.6. The molecule has 0 nitrogen and oxygen atoms in total. The average molecular weight is 351 g/mol. The second-order valence-electron chi connectivity index (χ2n) is 8.17. The van der Waals surface area contributed by atoms with E-state index < -0.39 is 0 Å². The minimum absolute atomic E-state index is 1.25. The molecule has 0 amide bonds. The normalized spacial score (nSPS) is 11.1. The highest BCUT2D eigenvalue weighted by Gasteiger charge is 1.99. The maximum Gasteiger partial charge on any atom is -0.0279 e. The SMILES string of the molecule is Cc1ccc(CCCCCCCCCCc2ccc(C)c(C)c2)cc1C. The Kier molecular flexibility index (Phi) is 8.95. The summed E-state index contributed by atoms with van der Waals surface area (Å²) >= 11 is 0. The van der Waals surface area contributed by atoms with Crippen molar-refractivity contribution in [1.29, 1.82) is 0 Å². The Bertz CT molecular complexity index is 606. The molecule has 0 bridgehead atoms. The van der Waals surface area contributed by atoms with Crippen LogP contribution in [0.1, 0.15) is 84.7 Å². The van der Waals surface area contributed by atoms with Crippen molar-refractivity contribution in [2.24, 2.45) is 0 Å². The summed E-state index contributed by atoms with van der Waals surface area (Å²) in [6.07, 6.45) is 13.6. The molecule has 0 heteroatoms. The molecule has 2 aromatic rings. The molecular formula is C26H38. The van der Waals surface area contributed by atoms with Gasteiger partial charge in [0.1, 0.15) is 0 Å². The van der Waals surface area contributed by atoms with E-state index in [9.17, 15) is 0 Å². The van der Waals surface area contributed by atoms with Crippen LogP contribution in [0, 0.1) is 27.7 Å². The summed E-state index contributed by atoms with van der Waals surface area (Å²) < 4.78 is 0. The summed E-state index contributed by atoms with van der Waals surface area (Å²) in [6.45, 7) is 8.83. The third-order valence-corrected chi connectivity index (χ3v) is 5.82. The van der Waals surface area contributed by atoms with Crippen LogP contribution in [-0.4, -0.2) is 0 Å². The number of unbranched alkanes of at least 4 members (excludes halogenated alkanes) is 7. The van der Waals surface area contributed by atoms with Gasteiger partial charge in [-0.2, -0.15) is 0 Å². The van der Waals surface area contributed by atoms with Crippen molar-refractivity contribution < 1.29 is 0 Å². The second-order valence-corrected chi connectivity index (χ2v) is 8.17. The van der Waals surface area contributed by atoms with Crippen LogP contribution in [0.4, 0.5) is 0 Å². The van der Waals surface area contributed by atoms with Gasteiger partial charge in [0.15, 0.2) is 0 Å². The minimum atomic E-state index is 1.25. The molecule has 0 aromatic heterocycles. The quantitative estimate of drug-likeness (QED) is 0.362. The molecule has 0 spiro atoms. The summed E-state index contributed by atoms with van der Waals surface area (Å²) in [5, 5.41) is 0. The fourth-order valence-corrected chi connectivity index (χ4v) is 3.64. The van der Waals surface area contributed by atoms with E-state index >= 15 is 0 Å². The topological polar surface area (TPSA) is 0 Å². The Morgan fingerprint density at radius 3 is 1.12 bits per heavy atom. The van der Waals surface area contributed by atoms with E-state index in [0.29, 0.717) is 0 Å². The molecule has 0 aliphatic heterocycles. The van der Waals surface area contributed by atoms with E-state index in [1.807, 2.05) is 0 Å². The molecule has 2 aromatic carbocycles. The molecule has 0 aliphatic carbocycles. The number of benzene rings is 2. The lowest BCUT2D eigenvalue weighted by atomic mass is 10.00. The molecule has 0 N–H and O–H groups in total. The first kappa shape index (κ1) is 20.7. The third-order valence-electron chi connectivity index (χ3n) is 5.82. The summed E-state index contributed by atoms with van der Waals surface area (Å²) in [5.41, 5.74) is 8.71. The zero-order valence-electron chi connectivity index (χ0n) is 17.5. The molecule has 2 rings (SSSR count). The van der Waals surface area contributed by atoms with Crippen molar-refractivity contribution in [3.05, 3.63) is 69.8 Å². The lowest BCUT2D eigenvalue weighted by Gasteiger charge is -2.06. The molecule has 0 fully saturated rings. The largest absolute Gasteiger partial charge is 0.0588 e. The van der Waals surface area contributed by atoms with Crippen LogP contribution in [0.2, 0.25) is 0 Å². The first-order valence-electron chi connectivity index (χ1n) is 10.7. The van der Waals surface area contributed by atoms with Gasteiger partial charge in [0.2, 0.25) is 0 Å². The van der Waals surface area contributed by atoms with E-state index in [4.69, 9.17) is 0 Å². The minimum Gasteiger partial charge on any atom is -0.0588 e. The summed E-state index contributed by atoms with van der Waals surface area (Å²) in [7, 11) is 0. The van der Waals surface area contributed by atoms with Crippen LogP contribution in [0.25, 0.3) is 0 Å². The van der Waals surface area contributed by atoms with Gasteiger partial charge >= 0.3 is 0 Å². The number of hydrogen-bond donors (Lipinski definition) is 0. The van der Waals surface area contributed by atoms with E-state index in [1.165, 1.54) is 97.6 Å². The Morgan fingerprint density at radius 2 is 0.769 bits per heavy atom. The zero-order chi connectivity index (χ0) is 18.8. The van der Waals surface area contributed by atoms with E-state index in [-0.39, 0.29) is 0 Å². The molecule has 142 valence electrons. The van der Waals surface area contributed by atoms with Crippen molar-refractivity contribution >= 4 is 0 Å². The summed E-state index contributed by atoms with van der Waals surface area (Å²) in [4.78, 5) is 0. The van der Waals surface area contributed by atoms with Crippen molar-refractivity contribution in [2.75, 3.05) is 0 Å². The highest BCUT2D eigenvalue weighted by atomic mass is 14.0. The van der Waals surface area contributed by atoms with Crippen LogP contribution >= 0.6 is 0 Å². The maximum atomic E-state index is 2.37. The predicted molar refractivity (Wildman–Crippen MR) is 116 cm³/mol. The van der Waals surface area contributed by atoms with Crippen molar-refractivity contribution in [2.45, 2.75) is 91.9 Å². The van der Waals surface area contributed by atoms with Gasteiger partial charge in [-0.25, -0.2) is 0 Å². The van der Waals surface area contributed by atoms with Crippen molar-refractivity contribution in [3.8, 4) is 0 Å². The van der Waals surface area contributed by atoms with Gasteiger partial charge in [-0.15, -0.1) is 0 Å². The standard InChI is InChI=1S/C26H38/c1-21-15-17-25(19-23(21)3)13-11-9-7-5-6-8-10-12-14-26-18-16-22(2)24(4)20-26/h15-20H,5-14H2,1-4H3. The van der Waals surface area contributed by atoms with Crippen LogP contribution in [0.15, 0.2) is 36.4 Å². The Labute approximate surface area is 162 Å². The molecule has 0 unspecified atom stereocenters. The van der Waals surface area contributed by atoms with Crippen molar-refractivity contribution in [1.82, 2.24) is 0 Å². The van der Waals surface area contributed by atoms with Crippen LogP contribution in [0.5, 0.6) is 0 Å². The molecule has 0 radical (unpaired) electrons. The van der Waals surface area contributed by atoms with Crippen molar-refractivity contribution in [3.63, 3.8) is 0 Å². The fraction of sp³-hybridized carbons (Fsp3) is 0.538. The number of rotatable bonds is 11. The summed E-state index contributed by atoms with van der Waals surface area (Å²) in [6, 6.07) is 13.9. The molecule has 0 atom stereocenters. The fourth-order valence-electron chi connectivity index (χ4n) is 3.64. The van der Waals surface area contributed by atoms with Gasteiger partial charge in [0.25, 0.3) is 0 Å². The Hall–Kier alpha value is -1.56. The number of hydrogen-bond acceptors (Lipinski definition) is 0. The molecule has 0 heterocycles. The maximum absolute atomic E-state index is 2.37. The zero-order valence-corrected chi connectivity index (χ0v) is 17.5. The summed E-state index contributed by atoms with van der Waals surface area (Å²) in [5.74, 6) is 0. The average Bonchev–Trinajstić information content (AvgIpc) is 2.62. The van der Waals surface area contributed by atoms with Gasteiger partial charge < -0.3 is 0 Å². The van der Waals surface area contributed by atoms with E-state index in [2.05, 4.69) is 64.1 Å². The van der Waals surface area contributed by atoms with E-state index in [1.54, 1.807) is 0 Å². The number of aryl methyl sites for hydroxylation is 6. The highest BCUT2D eigenvalue weighted by molar-refractivity contribution is 5.30. The second kappa shape index (κ2) is 11.2. The first-order valence-corrected chi connectivity index (χ1v) is 10.7. The monoisotopic (exact) mass is 350 g/mol. The van der Waals surface area contributed by atoms with E-state index in [0.717, 1.165) is 0 Å². The molecule has 26 heavy (non-hydrogen) atoms. The smallest absolute Gasteiger partial charge is 0.0279 e. The molecule has 0 saturated carbocycles. The Morgan fingerprint density at radius 1 is 0.423 bits per heavy atom. The van der Waals surface area contributed by atoms with Crippen LogP contribution in [-0.2, 0) is 12.8 Å². The van der Waals surface area contributed by atoms with Gasteiger partial charge in [-0.1, -0.05) is 74.9 Å². The molecular weight excluding hydrogens is 312 g/mol. The van der Waals surface area contributed by atoms with Gasteiger partial charge in [0.05, 0.1) is 0 Å². The lowest BCUT2D eigenvalue weighted by Crippen LogP contribution is -1.90. The molecule has 0 aliphatic rings.